The number of aliphatic hydroxyl groups is 2. The first-order valence-electron chi connectivity index (χ1n) is 5.47. The van der Waals surface area contributed by atoms with E-state index in [-0.39, 0.29) is 5.15 Å². The van der Waals surface area contributed by atoms with Crippen molar-refractivity contribution in [3.63, 3.8) is 0 Å². The van der Waals surface area contributed by atoms with E-state index in [4.69, 9.17) is 16.7 Å². The molecule has 1 aromatic heterocycles. The van der Waals surface area contributed by atoms with Gasteiger partial charge in [-0.1, -0.05) is 17.7 Å². The molecule has 6 nitrogen and oxygen atoms in total. The summed E-state index contributed by atoms with van der Waals surface area (Å²) < 4.78 is 0. The molecule has 3 N–H and O–H groups in total. The Hall–Kier alpha value is -1.76. The molecule has 1 heterocycles. The molecule has 0 saturated heterocycles. The fourth-order valence-corrected chi connectivity index (χ4v) is 1.93. The number of hydrogen-bond donors (Lipinski definition) is 3. The van der Waals surface area contributed by atoms with Crippen LogP contribution in [0.4, 0.5) is 0 Å². The van der Waals surface area contributed by atoms with E-state index in [0.29, 0.717) is 16.5 Å². The summed E-state index contributed by atoms with van der Waals surface area (Å²) in [6.45, 7) is 0. The van der Waals surface area contributed by atoms with E-state index in [0.717, 1.165) is 0 Å². The first-order valence-corrected chi connectivity index (χ1v) is 5.85. The summed E-state index contributed by atoms with van der Waals surface area (Å²) in [6.07, 6.45) is -1.92. The number of aliphatic hydroxyl groups excluding tert-OH is 2. The number of rotatable bonds is 4. The monoisotopic (exact) mass is 282 g/mol. The third kappa shape index (κ3) is 2.98. The van der Waals surface area contributed by atoms with Gasteiger partial charge in [-0.05, 0) is 17.7 Å². The van der Waals surface area contributed by atoms with E-state index in [1.165, 1.54) is 12.4 Å². The van der Waals surface area contributed by atoms with Crippen LogP contribution in [0.15, 0.2) is 24.5 Å². The molecule has 100 valence electrons. The third-order valence-corrected chi connectivity index (χ3v) is 3.00. The Labute approximate surface area is 113 Å². The fourth-order valence-electron chi connectivity index (χ4n) is 1.74. The highest BCUT2D eigenvalue weighted by Gasteiger charge is 2.21. The summed E-state index contributed by atoms with van der Waals surface area (Å²) in [5.41, 5.74) is 0.960. The van der Waals surface area contributed by atoms with Crippen LogP contribution in [0.25, 0.3) is 10.9 Å². The summed E-state index contributed by atoms with van der Waals surface area (Å²) in [5.74, 6) is -1.19. The Kier molecular flexibility index (Phi) is 3.94. The molecule has 0 aliphatic rings. The van der Waals surface area contributed by atoms with Crippen molar-refractivity contribution in [1.82, 2.24) is 9.97 Å². The maximum Gasteiger partial charge on any atom is 0.306 e. The maximum absolute atomic E-state index is 10.5. The van der Waals surface area contributed by atoms with Gasteiger partial charge in [0.15, 0.2) is 0 Å². The van der Waals surface area contributed by atoms with Crippen molar-refractivity contribution in [3.05, 3.63) is 35.2 Å². The second-order valence-corrected chi connectivity index (χ2v) is 4.41. The number of aliphatic carboxylic acids is 1. The molecule has 1 aromatic carbocycles. The number of nitrogens with zero attached hydrogens (tertiary/aromatic N) is 2. The highest BCUT2D eigenvalue weighted by molar-refractivity contribution is 6.34. The largest absolute Gasteiger partial charge is 0.481 e. The molecule has 0 radical (unpaired) electrons. The normalized spacial score (nSPS) is 14.3. The van der Waals surface area contributed by atoms with Crippen molar-refractivity contribution < 1.29 is 20.1 Å². The molecule has 0 amide bonds. The van der Waals surface area contributed by atoms with Crippen LogP contribution in [0, 0.1) is 0 Å². The number of carboxylic acid groups (broad SMARTS) is 1. The van der Waals surface area contributed by atoms with E-state index in [2.05, 4.69) is 9.97 Å². The van der Waals surface area contributed by atoms with Crippen molar-refractivity contribution >= 4 is 28.5 Å². The van der Waals surface area contributed by atoms with Gasteiger partial charge in [-0.2, -0.15) is 0 Å². The second-order valence-electron chi connectivity index (χ2n) is 4.05. The van der Waals surface area contributed by atoms with Gasteiger partial charge < -0.3 is 15.3 Å². The zero-order chi connectivity index (χ0) is 14.0. The van der Waals surface area contributed by atoms with Gasteiger partial charge in [0, 0.05) is 5.39 Å². The first kappa shape index (κ1) is 13.7. The minimum atomic E-state index is -1.39. The van der Waals surface area contributed by atoms with Gasteiger partial charge in [-0.25, -0.2) is 9.97 Å². The Morgan fingerprint density at radius 3 is 2.74 bits per heavy atom. The topological polar surface area (TPSA) is 104 Å². The van der Waals surface area contributed by atoms with Crippen LogP contribution >= 0.6 is 11.6 Å². The van der Waals surface area contributed by atoms with Crippen molar-refractivity contribution in [2.45, 2.75) is 18.6 Å². The van der Waals surface area contributed by atoms with E-state index < -0.39 is 24.6 Å². The molecule has 0 aliphatic carbocycles. The predicted molar refractivity (Wildman–Crippen MR) is 67.8 cm³/mol. The lowest BCUT2D eigenvalue weighted by Gasteiger charge is -2.16. The van der Waals surface area contributed by atoms with Crippen LogP contribution in [0.5, 0.6) is 0 Å². The lowest BCUT2D eigenvalue weighted by atomic mass is 10.0. The lowest BCUT2D eigenvalue weighted by molar-refractivity contribution is -0.141. The average molecular weight is 283 g/mol. The van der Waals surface area contributed by atoms with Gasteiger partial charge in [0.05, 0.1) is 18.0 Å². The summed E-state index contributed by atoms with van der Waals surface area (Å²) in [5, 5.41) is 28.8. The molecule has 0 saturated carbocycles. The Balaban J connectivity index is 2.35. The maximum atomic E-state index is 10.5. The Morgan fingerprint density at radius 2 is 2.05 bits per heavy atom. The summed E-state index contributed by atoms with van der Waals surface area (Å²) in [7, 11) is 0. The SMILES string of the molecule is O=C(O)CC(O)C(O)c1ccc2ncnc(Cl)c2c1. The van der Waals surface area contributed by atoms with Gasteiger partial charge in [-0.3, -0.25) is 4.79 Å². The lowest BCUT2D eigenvalue weighted by Crippen LogP contribution is -2.21. The van der Waals surface area contributed by atoms with Gasteiger partial charge in [-0.15, -0.1) is 0 Å². The van der Waals surface area contributed by atoms with Crippen molar-refractivity contribution in [1.29, 1.82) is 0 Å². The van der Waals surface area contributed by atoms with Crippen LogP contribution in [0.1, 0.15) is 18.1 Å². The Bertz CT molecular complexity index is 620. The van der Waals surface area contributed by atoms with E-state index >= 15 is 0 Å². The Morgan fingerprint density at radius 1 is 1.32 bits per heavy atom. The molecule has 2 atom stereocenters. The quantitative estimate of drug-likeness (QED) is 0.727. The molecule has 0 bridgehead atoms. The first-order chi connectivity index (χ1) is 8.99. The standard InChI is InChI=1S/C12H11ClN2O4/c13-12-7-3-6(1-2-8(7)14-5-15-12)11(19)9(16)4-10(17)18/h1-3,5,9,11,16,19H,4H2,(H,17,18). The number of carboxylic acids is 1. The third-order valence-electron chi connectivity index (χ3n) is 2.70. The van der Waals surface area contributed by atoms with Gasteiger partial charge >= 0.3 is 5.97 Å². The van der Waals surface area contributed by atoms with Crippen LogP contribution in [-0.2, 0) is 4.79 Å². The number of carbonyl (C=O) groups is 1. The van der Waals surface area contributed by atoms with Crippen LogP contribution in [0.2, 0.25) is 5.15 Å². The summed E-state index contributed by atoms with van der Waals surface area (Å²) in [4.78, 5) is 18.3. The molecular formula is C12H11ClN2O4. The average Bonchev–Trinajstić information content (AvgIpc) is 2.37. The minimum absolute atomic E-state index is 0.228. The van der Waals surface area contributed by atoms with Crippen LogP contribution in [0.3, 0.4) is 0 Å². The van der Waals surface area contributed by atoms with E-state index in [1.54, 1.807) is 12.1 Å². The van der Waals surface area contributed by atoms with Crippen molar-refractivity contribution in [2.24, 2.45) is 0 Å². The predicted octanol–water partition coefficient (Wildman–Crippen LogP) is 1.15. The number of fused-ring (bicyclic) bond motifs is 1. The smallest absolute Gasteiger partial charge is 0.306 e. The number of benzene rings is 1. The molecule has 0 aliphatic heterocycles. The fraction of sp³-hybridized carbons (Fsp3) is 0.250. The minimum Gasteiger partial charge on any atom is -0.481 e. The number of aromatic nitrogens is 2. The van der Waals surface area contributed by atoms with E-state index in [1.807, 2.05) is 0 Å². The van der Waals surface area contributed by atoms with Crippen LogP contribution in [-0.4, -0.2) is 37.4 Å². The van der Waals surface area contributed by atoms with Gasteiger partial charge in [0.25, 0.3) is 0 Å². The van der Waals surface area contributed by atoms with Crippen molar-refractivity contribution in [3.8, 4) is 0 Å². The zero-order valence-electron chi connectivity index (χ0n) is 9.69. The summed E-state index contributed by atoms with van der Waals surface area (Å²) in [6, 6.07) is 4.71. The molecule has 2 unspecified atom stereocenters. The highest BCUT2D eigenvalue weighted by Crippen LogP contribution is 2.25. The summed E-state index contributed by atoms with van der Waals surface area (Å²) >= 11 is 5.91. The molecule has 7 heteroatoms. The zero-order valence-corrected chi connectivity index (χ0v) is 10.4. The number of hydrogen-bond acceptors (Lipinski definition) is 5. The van der Waals surface area contributed by atoms with E-state index in [9.17, 15) is 15.0 Å². The van der Waals surface area contributed by atoms with Gasteiger partial charge in [0.1, 0.15) is 17.6 Å². The van der Waals surface area contributed by atoms with Crippen LogP contribution < -0.4 is 0 Å². The second kappa shape index (κ2) is 5.48. The molecule has 19 heavy (non-hydrogen) atoms. The molecule has 2 aromatic rings. The number of halogens is 1. The molecule has 0 spiro atoms. The van der Waals surface area contributed by atoms with Gasteiger partial charge in [0.2, 0.25) is 0 Å². The molecule has 0 fully saturated rings. The highest BCUT2D eigenvalue weighted by atomic mass is 35.5. The molecule has 2 rings (SSSR count). The van der Waals surface area contributed by atoms with Crippen molar-refractivity contribution in [2.75, 3.05) is 0 Å². The molecular weight excluding hydrogens is 272 g/mol.